The number of para-hydroxylation sites is 1. The fourth-order valence-electron chi connectivity index (χ4n) is 4.19. The van der Waals surface area contributed by atoms with Gasteiger partial charge in [0.15, 0.2) is 0 Å². The fraction of sp³-hybridized carbons (Fsp3) is 0.409. The van der Waals surface area contributed by atoms with Gasteiger partial charge in [-0.2, -0.15) is 4.31 Å². The molecular weight excluding hydrogens is 467 g/mol. The van der Waals surface area contributed by atoms with E-state index < -0.39 is 20.8 Å². The van der Waals surface area contributed by atoms with Crippen molar-refractivity contribution in [2.45, 2.75) is 17.7 Å². The summed E-state index contributed by atoms with van der Waals surface area (Å²) in [7, 11) is -3.87. The lowest BCUT2D eigenvalue weighted by Gasteiger charge is -2.33. The van der Waals surface area contributed by atoms with E-state index in [4.69, 9.17) is 4.74 Å². The molecule has 2 aromatic rings. The molecule has 1 N–H and O–H groups in total. The van der Waals surface area contributed by atoms with E-state index in [9.17, 15) is 27.7 Å². The van der Waals surface area contributed by atoms with Gasteiger partial charge in [-0.05, 0) is 37.1 Å². The highest BCUT2D eigenvalue weighted by atomic mass is 32.2. The largest absolute Gasteiger partial charge is 0.379 e. The Morgan fingerprint density at radius 2 is 1.76 bits per heavy atom. The number of benzene rings is 2. The highest BCUT2D eigenvalue weighted by molar-refractivity contribution is 7.89. The van der Waals surface area contributed by atoms with Crippen LogP contribution in [0.5, 0.6) is 0 Å². The number of halogens is 1. The standard InChI is InChI=1S/C22H25FN4O6S/c23-18-3-1-2-4-19(18)24-22(28)16-7-9-25(10-8-16)20-6-5-17(15-21(20)27(29)30)34(31,32)26-11-13-33-14-12-26/h1-6,15-16H,7-14H2,(H,24,28). The lowest BCUT2D eigenvalue weighted by molar-refractivity contribution is -0.384. The van der Waals surface area contributed by atoms with Crippen molar-refractivity contribution in [1.82, 2.24) is 4.31 Å². The molecule has 4 rings (SSSR count). The van der Waals surface area contributed by atoms with Crippen LogP contribution in [0.1, 0.15) is 12.8 Å². The van der Waals surface area contributed by atoms with E-state index in [0.29, 0.717) is 31.6 Å². The predicted molar refractivity (Wildman–Crippen MR) is 123 cm³/mol. The van der Waals surface area contributed by atoms with Crippen molar-refractivity contribution in [3.63, 3.8) is 0 Å². The number of nitro groups is 1. The zero-order valence-electron chi connectivity index (χ0n) is 18.4. The molecule has 2 aromatic carbocycles. The number of rotatable bonds is 6. The highest BCUT2D eigenvalue weighted by Crippen LogP contribution is 2.34. The van der Waals surface area contributed by atoms with Gasteiger partial charge in [-0.1, -0.05) is 12.1 Å². The molecule has 0 saturated carbocycles. The van der Waals surface area contributed by atoms with Crippen LogP contribution >= 0.6 is 0 Å². The van der Waals surface area contributed by atoms with Gasteiger partial charge in [0.25, 0.3) is 5.69 Å². The topological polar surface area (TPSA) is 122 Å². The number of nitrogens with zero attached hydrogens (tertiary/aromatic N) is 3. The molecule has 10 nitrogen and oxygen atoms in total. The second-order valence-corrected chi connectivity index (χ2v) is 10.1. The van der Waals surface area contributed by atoms with Gasteiger partial charge in [0.2, 0.25) is 15.9 Å². The number of carbonyl (C=O) groups excluding carboxylic acids is 1. The van der Waals surface area contributed by atoms with Crippen LogP contribution < -0.4 is 10.2 Å². The maximum Gasteiger partial charge on any atom is 0.293 e. The summed E-state index contributed by atoms with van der Waals surface area (Å²) in [5, 5.41) is 14.4. The van der Waals surface area contributed by atoms with Crippen molar-refractivity contribution in [3.8, 4) is 0 Å². The zero-order chi connectivity index (χ0) is 24.3. The maximum atomic E-state index is 13.8. The molecule has 2 heterocycles. The summed E-state index contributed by atoms with van der Waals surface area (Å²) in [5.74, 6) is -1.18. The lowest BCUT2D eigenvalue weighted by Crippen LogP contribution is -2.40. The van der Waals surface area contributed by atoms with E-state index >= 15 is 0 Å². The molecule has 0 unspecified atom stereocenters. The first-order valence-corrected chi connectivity index (χ1v) is 12.4. The third-order valence-corrected chi connectivity index (χ3v) is 7.98. The number of hydrogen-bond acceptors (Lipinski definition) is 7. The molecule has 0 spiro atoms. The molecule has 0 aliphatic carbocycles. The smallest absolute Gasteiger partial charge is 0.293 e. The van der Waals surface area contributed by atoms with Crippen LogP contribution in [0.25, 0.3) is 0 Å². The molecule has 0 radical (unpaired) electrons. The van der Waals surface area contributed by atoms with Gasteiger partial charge in [-0.25, -0.2) is 12.8 Å². The average molecular weight is 493 g/mol. The molecule has 182 valence electrons. The van der Waals surface area contributed by atoms with E-state index in [-0.39, 0.29) is 54.4 Å². The van der Waals surface area contributed by atoms with Gasteiger partial charge in [-0.3, -0.25) is 14.9 Å². The Hall–Kier alpha value is -3.09. The normalized spacial score (nSPS) is 18.0. The molecule has 2 aliphatic heterocycles. The first-order chi connectivity index (χ1) is 16.3. The third kappa shape index (κ3) is 5.03. The van der Waals surface area contributed by atoms with Gasteiger partial charge in [0, 0.05) is 38.2 Å². The van der Waals surface area contributed by atoms with Crippen molar-refractivity contribution >= 4 is 33.0 Å². The van der Waals surface area contributed by atoms with Gasteiger partial charge in [0.1, 0.15) is 11.5 Å². The van der Waals surface area contributed by atoms with Crippen LogP contribution in [0.4, 0.5) is 21.5 Å². The number of piperidine rings is 1. The lowest BCUT2D eigenvalue weighted by atomic mass is 9.95. The minimum absolute atomic E-state index is 0.114. The Balaban J connectivity index is 1.47. The summed E-state index contributed by atoms with van der Waals surface area (Å²) in [6.07, 6.45) is 0.844. The number of hydrogen-bond donors (Lipinski definition) is 1. The minimum Gasteiger partial charge on any atom is -0.379 e. The number of ether oxygens (including phenoxy) is 1. The van der Waals surface area contributed by atoms with E-state index in [1.165, 1.54) is 34.6 Å². The summed E-state index contributed by atoms with van der Waals surface area (Å²) in [4.78, 5) is 25.4. The Morgan fingerprint density at radius 3 is 2.41 bits per heavy atom. The van der Waals surface area contributed by atoms with Crippen LogP contribution in [0.3, 0.4) is 0 Å². The van der Waals surface area contributed by atoms with Gasteiger partial charge >= 0.3 is 0 Å². The van der Waals surface area contributed by atoms with Gasteiger partial charge in [0.05, 0.1) is 28.7 Å². The summed E-state index contributed by atoms with van der Waals surface area (Å²) in [6.45, 7) is 1.68. The zero-order valence-corrected chi connectivity index (χ0v) is 19.2. The molecular formula is C22H25FN4O6S. The molecule has 1 amide bonds. The minimum atomic E-state index is -3.87. The second kappa shape index (κ2) is 10.0. The number of carbonyl (C=O) groups is 1. The monoisotopic (exact) mass is 492 g/mol. The number of nitrogens with one attached hydrogen (secondary N) is 1. The molecule has 34 heavy (non-hydrogen) atoms. The second-order valence-electron chi connectivity index (χ2n) is 8.15. The first kappa shape index (κ1) is 24.0. The van der Waals surface area contributed by atoms with Crippen molar-refractivity contribution in [1.29, 1.82) is 0 Å². The summed E-state index contributed by atoms with van der Waals surface area (Å²) < 4.78 is 46.1. The Kier molecular flexibility index (Phi) is 7.10. The number of anilines is 2. The maximum absolute atomic E-state index is 13.8. The molecule has 0 bridgehead atoms. The molecule has 2 fully saturated rings. The van der Waals surface area contributed by atoms with Crippen molar-refractivity contribution in [2.75, 3.05) is 49.6 Å². The van der Waals surface area contributed by atoms with Gasteiger partial charge in [-0.15, -0.1) is 0 Å². The number of morpholine rings is 1. The average Bonchev–Trinajstić information content (AvgIpc) is 2.85. The summed E-state index contributed by atoms with van der Waals surface area (Å²) >= 11 is 0. The van der Waals surface area contributed by atoms with Crippen molar-refractivity contribution in [3.05, 3.63) is 58.4 Å². The summed E-state index contributed by atoms with van der Waals surface area (Å²) in [5.41, 5.74) is 0.116. The Labute approximate surface area is 196 Å². The number of amides is 1. The molecule has 0 atom stereocenters. The SMILES string of the molecule is O=C(Nc1ccccc1F)C1CCN(c2ccc(S(=O)(=O)N3CCOCC3)cc2[N+](=O)[O-])CC1. The Bertz CT molecular complexity index is 1180. The van der Waals surface area contributed by atoms with Crippen LogP contribution in [0.2, 0.25) is 0 Å². The van der Waals surface area contributed by atoms with E-state index in [1.807, 2.05) is 0 Å². The van der Waals surface area contributed by atoms with E-state index in [2.05, 4.69) is 5.32 Å². The van der Waals surface area contributed by atoms with E-state index in [0.717, 1.165) is 6.07 Å². The fourth-order valence-corrected chi connectivity index (χ4v) is 5.62. The van der Waals surface area contributed by atoms with Crippen LogP contribution in [0.15, 0.2) is 47.4 Å². The number of nitro benzene ring substituents is 1. The Morgan fingerprint density at radius 1 is 1.09 bits per heavy atom. The third-order valence-electron chi connectivity index (χ3n) is 6.09. The molecule has 12 heteroatoms. The molecule has 2 aliphatic rings. The molecule has 0 aromatic heterocycles. The van der Waals surface area contributed by atoms with Crippen LogP contribution in [-0.2, 0) is 19.6 Å². The summed E-state index contributed by atoms with van der Waals surface area (Å²) in [6, 6.07) is 9.84. The van der Waals surface area contributed by atoms with E-state index in [1.54, 1.807) is 11.0 Å². The highest BCUT2D eigenvalue weighted by Gasteiger charge is 2.32. The van der Waals surface area contributed by atoms with Crippen LogP contribution in [0, 0.1) is 21.8 Å². The molecule has 2 saturated heterocycles. The van der Waals surface area contributed by atoms with Gasteiger partial charge < -0.3 is 15.0 Å². The first-order valence-electron chi connectivity index (χ1n) is 10.9. The van der Waals surface area contributed by atoms with Crippen molar-refractivity contribution < 1.29 is 27.3 Å². The van der Waals surface area contributed by atoms with Crippen LogP contribution in [-0.4, -0.2) is 62.9 Å². The predicted octanol–water partition coefficient (Wildman–Crippen LogP) is 2.61. The van der Waals surface area contributed by atoms with Crippen molar-refractivity contribution in [2.24, 2.45) is 5.92 Å². The quantitative estimate of drug-likeness (QED) is 0.486. The number of sulfonamides is 1.